The molecule has 4 rings (SSSR count). The molecule has 1 fully saturated rings. The van der Waals surface area contributed by atoms with Crippen molar-refractivity contribution in [2.24, 2.45) is 5.92 Å². The molecule has 160 valence electrons. The van der Waals surface area contributed by atoms with Crippen molar-refractivity contribution in [2.45, 2.75) is 6.42 Å². The van der Waals surface area contributed by atoms with Crippen molar-refractivity contribution < 1.29 is 28.5 Å². The summed E-state index contributed by atoms with van der Waals surface area (Å²) in [5, 5.41) is 0.778. The Morgan fingerprint density at radius 3 is 2.39 bits per heavy atom. The number of rotatable bonds is 6. The van der Waals surface area contributed by atoms with Gasteiger partial charge in [0.1, 0.15) is 11.5 Å². The molecule has 1 amide bonds. The van der Waals surface area contributed by atoms with Gasteiger partial charge in [0.25, 0.3) is 0 Å². The van der Waals surface area contributed by atoms with Crippen molar-refractivity contribution in [3.05, 3.63) is 48.7 Å². The van der Waals surface area contributed by atoms with Gasteiger partial charge in [-0.05, 0) is 36.4 Å². The fraction of sp³-hybridized carbons (Fsp3) is 0.261. The lowest BCUT2D eigenvalue weighted by atomic mass is 10.1. The van der Waals surface area contributed by atoms with E-state index in [1.807, 2.05) is 6.07 Å². The van der Waals surface area contributed by atoms with Crippen LogP contribution in [0.1, 0.15) is 6.42 Å². The molecular formula is C23H22N2O6. The Balaban J connectivity index is 1.56. The van der Waals surface area contributed by atoms with E-state index in [-0.39, 0.29) is 18.3 Å². The van der Waals surface area contributed by atoms with Gasteiger partial charge in [0.15, 0.2) is 11.5 Å². The van der Waals surface area contributed by atoms with Crippen LogP contribution in [0.15, 0.2) is 48.7 Å². The van der Waals surface area contributed by atoms with E-state index in [0.717, 1.165) is 5.39 Å². The highest BCUT2D eigenvalue weighted by molar-refractivity contribution is 5.99. The van der Waals surface area contributed by atoms with Gasteiger partial charge >= 0.3 is 5.97 Å². The standard InChI is InChI=1S/C23H22N2O6/c1-28-20-11-17-18(12-21(20)29-2)24-9-8-19(17)31-16-6-4-15(5-7-16)25-13-14(10-22(25)26)23(27)30-3/h4-9,11-12,14H,10,13H2,1-3H3. The molecule has 0 bridgehead atoms. The van der Waals surface area contributed by atoms with Crippen LogP contribution in [0.25, 0.3) is 10.9 Å². The molecule has 1 aliphatic heterocycles. The summed E-state index contributed by atoms with van der Waals surface area (Å²) >= 11 is 0. The third-order valence-corrected chi connectivity index (χ3v) is 5.24. The van der Waals surface area contributed by atoms with Crippen LogP contribution in [0.5, 0.6) is 23.0 Å². The minimum Gasteiger partial charge on any atom is -0.493 e. The first-order valence-electron chi connectivity index (χ1n) is 9.71. The molecule has 8 heteroatoms. The lowest BCUT2D eigenvalue weighted by Gasteiger charge is -2.17. The zero-order valence-corrected chi connectivity index (χ0v) is 17.5. The molecule has 0 radical (unpaired) electrons. The molecule has 0 N–H and O–H groups in total. The zero-order chi connectivity index (χ0) is 22.0. The van der Waals surface area contributed by atoms with Gasteiger partial charge in [-0.2, -0.15) is 0 Å². The Morgan fingerprint density at radius 2 is 1.71 bits per heavy atom. The van der Waals surface area contributed by atoms with Gasteiger partial charge in [-0.25, -0.2) is 0 Å². The first-order valence-corrected chi connectivity index (χ1v) is 9.71. The van der Waals surface area contributed by atoms with Gasteiger partial charge < -0.3 is 23.8 Å². The number of nitrogens with zero attached hydrogens (tertiary/aromatic N) is 2. The fourth-order valence-electron chi connectivity index (χ4n) is 3.64. The van der Waals surface area contributed by atoms with E-state index < -0.39 is 5.92 Å². The molecular weight excluding hydrogens is 400 g/mol. The van der Waals surface area contributed by atoms with Gasteiger partial charge in [-0.3, -0.25) is 14.6 Å². The number of esters is 1. The minimum absolute atomic E-state index is 0.106. The molecule has 0 saturated carbocycles. The van der Waals surface area contributed by atoms with Crippen molar-refractivity contribution in [3.63, 3.8) is 0 Å². The van der Waals surface area contributed by atoms with Crippen LogP contribution >= 0.6 is 0 Å². The van der Waals surface area contributed by atoms with E-state index in [1.165, 1.54) is 7.11 Å². The van der Waals surface area contributed by atoms with E-state index in [1.54, 1.807) is 61.7 Å². The SMILES string of the molecule is COC(=O)C1CC(=O)N(c2ccc(Oc3ccnc4cc(OC)c(OC)cc34)cc2)C1. The second kappa shape index (κ2) is 8.51. The van der Waals surface area contributed by atoms with Crippen molar-refractivity contribution in [1.82, 2.24) is 4.98 Å². The number of anilines is 1. The number of pyridine rings is 1. The minimum atomic E-state index is -0.441. The van der Waals surface area contributed by atoms with Crippen LogP contribution in [-0.4, -0.2) is 44.7 Å². The highest BCUT2D eigenvalue weighted by Gasteiger charge is 2.35. The topological polar surface area (TPSA) is 87.2 Å². The van der Waals surface area contributed by atoms with E-state index in [4.69, 9.17) is 18.9 Å². The lowest BCUT2D eigenvalue weighted by Crippen LogP contribution is -2.26. The normalized spacial score (nSPS) is 15.8. The Hall–Kier alpha value is -3.81. The van der Waals surface area contributed by atoms with Crippen LogP contribution in [0.2, 0.25) is 0 Å². The molecule has 2 aromatic carbocycles. The maximum atomic E-state index is 12.3. The molecule has 1 unspecified atom stereocenters. The first kappa shape index (κ1) is 20.5. The summed E-state index contributed by atoms with van der Waals surface area (Å²) in [5.41, 5.74) is 1.41. The van der Waals surface area contributed by atoms with Gasteiger partial charge in [-0.1, -0.05) is 0 Å². The third kappa shape index (κ3) is 3.96. The molecule has 3 aromatic rings. The molecule has 1 aliphatic rings. The van der Waals surface area contributed by atoms with E-state index >= 15 is 0 Å². The van der Waals surface area contributed by atoms with Crippen LogP contribution in [0, 0.1) is 5.92 Å². The van der Waals surface area contributed by atoms with Crippen LogP contribution in [0.4, 0.5) is 5.69 Å². The number of amides is 1. The number of carbonyl (C=O) groups excluding carboxylic acids is 2. The summed E-state index contributed by atoms with van der Waals surface area (Å²) in [6.07, 6.45) is 1.81. The highest BCUT2D eigenvalue weighted by Crippen LogP contribution is 2.37. The first-order chi connectivity index (χ1) is 15.0. The molecule has 0 spiro atoms. The number of ether oxygens (including phenoxy) is 4. The zero-order valence-electron chi connectivity index (χ0n) is 17.5. The second-order valence-electron chi connectivity index (χ2n) is 7.06. The molecule has 0 aliphatic carbocycles. The van der Waals surface area contributed by atoms with Gasteiger partial charge in [-0.15, -0.1) is 0 Å². The summed E-state index contributed by atoms with van der Waals surface area (Å²) < 4.78 is 21.6. The number of methoxy groups -OCH3 is 3. The lowest BCUT2D eigenvalue weighted by molar-refractivity contribution is -0.145. The Labute approximate surface area is 179 Å². The van der Waals surface area contributed by atoms with Gasteiger partial charge in [0, 0.05) is 36.3 Å². The second-order valence-corrected chi connectivity index (χ2v) is 7.06. The van der Waals surface area contributed by atoms with Gasteiger partial charge in [0.05, 0.1) is 32.8 Å². The maximum absolute atomic E-state index is 12.3. The van der Waals surface area contributed by atoms with Crippen molar-refractivity contribution in [2.75, 3.05) is 32.8 Å². The largest absolute Gasteiger partial charge is 0.493 e. The number of aromatic nitrogens is 1. The number of fused-ring (bicyclic) bond motifs is 1. The van der Waals surface area contributed by atoms with E-state index in [2.05, 4.69) is 4.98 Å². The fourth-order valence-corrected chi connectivity index (χ4v) is 3.64. The van der Waals surface area contributed by atoms with E-state index in [0.29, 0.717) is 40.7 Å². The van der Waals surface area contributed by atoms with Crippen LogP contribution in [-0.2, 0) is 14.3 Å². The number of carbonyl (C=O) groups is 2. The average Bonchev–Trinajstić information content (AvgIpc) is 3.19. The average molecular weight is 422 g/mol. The van der Waals surface area contributed by atoms with Crippen molar-refractivity contribution in [3.8, 4) is 23.0 Å². The van der Waals surface area contributed by atoms with Crippen molar-refractivity contribution >= 4 is 28.5 Å². The predicted octanol–water partition coefficient (Wildman–Crippen LogP) is 3.57. The Bertz CT molecular complexity index is 1130. The molecule has 8 nitrogen and oxygen atoms in total. The Morgan fingerprint density at radius 1 is 1.00 bits per heavy atom. The quantitative estimate of drug-likeness (QED) is 0.561. The Kier molecular flexibility index (Phi) is 5.62. The summed E-state index contributed by atoms with van der Waals surface area (Å²) in [4.78, 5) is 30.0. The molecule has 1 saturated heterocycles. The van der Waals surface area contributed by atoms with Crippen LogP contribution in [0.3, 0.4) is 0 Å². The number of hydrogen-bond donors (Lipinski definition) is 0. The van der Waals surface area contributed by atoms with E-state index in [9.17, 15) is 9.59 Å². The predicted molar refractivity (Wildman–Crippen MR) is 114 cm³/mol. The maximum Gasteiger partial charge on any atom is 0.311 e. The smallest absolute Gasteiger partial charge is 0.311 e. The third-order valence-electron chi connectivity index (χ3n) is 5.24. The summed E-state index contributed by atoms with van der Waals surface area (Å²) in [5.74, 6) is 1.46. The van der Waals surface area contributed by atoms with Gasteiger partial charge in [0.2, 0.25) is 5.91 Å². The number of benzene rings is 2. The molecule has 2 heterocycles. The monoisotopic (exact) mass is 422 g/mol. The van der Waals surface area contributed by atoms with Crippen LogP contribution < -0.4 is 19.1 Å². The molecule has 31 heavy (non-hydrogen) atoms. The number of hydrogen-bond acceptors (Lipinski definition) is 7. The summed E-state index contributed by atoms with van der Waals surface area (Å²) in [6.45, 7) is 0.308. The highest BCUT2D eigenvalue weighted by atomic mass is 16.5. The summed E-state index contributed by atoms with van der Waals surface area (Å²) in [7, 11) is 4.48. The van der Waals surface area contributed by atoms with Crippen molar-refractivity contribution in [1.29, 1.82) is 0 Å². The molecule has 1 aromatic heterocycles. The summed E-state index contributed by atoms with van der Waals surface area (Å²) in [6, 6.07) is 12.5. The molecule has 1 atom stereocenters.